The number of nitro groups is 2. The molecule has 1 fully saturated rings. The van der Waals surface area contributed by atoms with Gasteiger partial charge in [0.1, 0.15) is 30.5 Å². The maximum Gasteiger partial charge on any atom is 0.280 e. The Morgan fingerprint density at radius 3 is 1.69 bits per heavy atom. The summed E-state index contributed by atoms with van der Waals surface area (Å²) < 4.78 is 11.1. The maximum absolute atomic E-state index is 12.4. The predicted molar refractivity (Wildman–Crippen MR) is 191 cm³/mol. The number of amides is 1. The number of hydrogen-bond acceptors (Lipinski definition) is 10. The van der Waals surface area contributed by atoms with Crippen molar-refractivity contribution in [2.75, 3.05) is 0 Å². The van der Waals surface area contributed by atoms with Crippen LogP contribution in [0.3, 0.4) is 0 Å². The number of phenolic OH excluding ortho intramolecular Hbond substituents is 1. The number of carbonyl (C=O) groups is 3. The maximum atomic E-state index is 12.4. The largest absolute Gasteiger partial charge is 0.508 e. The number of ether oxygens (including phenoxy) is 2. The summed E-state index contributed by atoms with van der Waals surface area (Å²) in [5, 5.41) is 35.1. The normalized spacial score (nSPS) is 13.5. The van der Waals surface area contributed by atoms with Crippen LogP contribution in [0, 0.1) is 31.6 Å². The molecule has 0 unspecified atom stereocenters. The molecule has 0 bridgehead atoms. The number of carbonyl (C=O) groups excluding carboxylic acids is 3. The Balaban J connectivity index is 0.000000330. The van der Waals surface area contributed by atoms with E-state index in [1.807, 2.05) is 0 Å². The molecule has 0 atom stereocenters. The van der Waals surface area contributed by atoms with Crippen LogP contribution in [0.25, 0.3) is 0 Å². The van der Waals surface area contributed by atoms with Crippen LogP contribution in [-0.4, -0.2) is 39.5 Å². The van der Waals surface area contributed by atoms with Crippen LogP contribution in [0.1, 0.15) is 111 Å². The fourth-order valence-electron chi connectivity index (χ4n) is 6.10. The van der Waals surface area contributed by atoms with Crippen LogP contribution in [-0.2, 0) is 18.0 Å². The molecule has 0 radical (unpaired) electrons. The summed E-state index contributed by atoms with van der Waals surface area (Å²) in [6.07, 6.45) is 10.6. The van der Waals surface area contributed by atoms with Gasteiger partial charge in [0.2, 0.25) is 5.91 Å². The molecule has 13 nitrogen and oxygen atoms in total. The van der Waals surface area contributed by atoms with E-state index in [9.17, 15) is 39.7 Å². The van der Waals surface area contributed by atoms with E-state index in [2.05, 4.69) is 33.0 Å². The fraction of sp³-hybridized carbons (Fsp3) is 0.447. The minimum atomic E-state index is -0.669. The monoisotopic (exact) mass is 705 g/mol. The molecule has 4 rings (SSSR count). The van der Waals surface area contributed by atoms with E-state index in [4.69, 9.17) is 9.47 Å². The highest BCUT2D eigenvalue weighted by Gasteiger charge is 2.30. The molecule has 3 aromatic rings. The summed E-state index contributed by atoms with van der Waals surface area (Å²) in [4.78, 5) is 55.0. The molecule has 0 spiro atoms. The number of nitrogens with zero attached hydrogens (tertiary/aromatic N) is 2. The Morgan fingerprint density at radius 1 is 0.824 bits per heavy atom. The van der Waals surface area contributed by atoms with Crippen molar-refractivity contribution in [3.05, 3.63) is 97.1 Å². The third kappa shape index (κ3) is 12.8. The molecular formula is C38H47N3O10. The molecule has 1 aliphatic rings. The zero-order chi connectivity index (χ0) is 37.6. The number of benzene rings is 3. The molecule has 1 saturated carbocycles. The second-order valence-corrected chi connectivity index (χ2v) is 13.8. The average Bonchev–Trinajstić information content (AvgIpc) is 3.06. The van der Waals surface area contributed by atoms with Crippen LogP contribution in [0.5, 0.6) is 17.2 Å². The zero-order valence-electron chi connectivity index (χ0n) is 29.6. The van der Waals surface area contributed by atoms with Gasteiger partial charge >= 0.3 is 0 Å². The van der Waals surface area contributed by atoms with Crippen LogP contribution in [0.2, 0.25) is 0 Å². The smallest absolute Gasteiger partial charge is 0.280 e. The summed E-state index contributed by atoms with van der Waals surface area (Å²) in [5.74, 6) is 1.22. The van der Waals surface area contributed by atoms with E-state index in [0.717, 1.165) is 6.42 Å². The van der Waals surface area contributed by atoms with Gasteiger partial charge < -0.3 is 19.9 Å². The lowest BCUT2D eigenvalue weighted by Gasteiger charge is -2.29. The second kappa shape index (κ2) is 19.2. The summed E-state index contributed by atoms with van der Waals surface area (Å²) >= 11 is 0. The Kier molecular flexibility index (Phi) is 15.1. The highest BCUT2D eigenvalue weighted by Crippen LogP contribution is 2.28. The Morgan fingerprint density at radius 2 is 1.27 bits per heavy atom. The predicted octanol–water partition coefficient (Wildman–Crippen LogP) is 8.28. The first-order valence-electron chi connectivity index (χ1n) is 17.1. The topological polar surface area (TPSA) is 188 Å². The Labute approximate surface area is 297 Å². The summed E-state index contributed by atoms with van der Waals surface area (Å²) in [5.41, 5.74) is -0.0399. The third-order valence-electron chi connectivity index (χ3n) is 8.47. The van der Waals surface area contributed by atoms with Gasteiger partial charge in [-0.2, -0.15) is 0 Å². The third-order valence-corrected chi connectivity index (χ3v) is 8.47. The molecule has 13 heteroatoms. The number of hydrogen-bond donors (Lipinski definition) is 2. The van der Waals surface area contributed by atoms with Crippen LogP contribution in [0.15, 0.2) is 54.6 Å². The average molecular weight is 706 g/mol. The quantitative estimate of drug-likeness (QED) is 0.0938. The molecular weight excluding hydrogens is 658 g/mol. The van der Waals surface area contributed by atoms with E-state index in [1.54, 1.807) is 6.07 Å². The van der Waals surface area contributed by atoms with Crippen molar-refractivity contribution in [1.29, 1.82) is 0 Å². The minimum absolute atomic E-state index is 0.00959. The fourth-order valence-corrected chi connectivity index (χ4v) is 6.10. The first-order valence-corrected chi connectivity index (χ1v) is 17.1. The van der Waals surface area contributed by atoms with E-state index in [-0.39, 0.29) is 64.3 Å². The highest BCUT2D eigenvalue weighted by molar-refractivity contribution is 5.83. The van der Waals surface area contributed by atoms with Gasteiger partial charge in [-0.3, -0.25) is 34.6 Å². The molecule has 3 aromatic carbocycles. The first kappa shape index (κ1) is 40.1. The zero-order valence-corrected chi connectivity index (χ0v) is 29.6. The van der Waals surface area contributed by atoms with Gasteiger partial charge in [0.05, 0.1) is 21.0 Å². The molecule has 1 aliphatic carbocycles. The van der Waals surface area contributed by atoms with Crippen molar-refractivity contribution >= 4 is 29.9 Å². The number of nitrogens with one attached hydrogen (secondary N) is 1. The van der Waals surface area contributed by atoms with Crippen molar-refractivity contribution in [3.8, 4) is 17.2 Å². The van der Waals surface area contributed by atoms with Gasteiger partial charge in [-0.15, -0.1) is 0 Å². The molecule has 0 aliphatic heterocycles. The van der Waals surface area contributed by atoms with E-state index >= 15 is 0 Å². The number of rotatable bonds is 14. The molecule has 0 heterocycles. The van der Waals surface area contributed by atoms with Gasteiger partial charge in [0.15, 0.2) is 12.6 Å². The van der Waals surface area contributed by atoms with E-state index in [1.165, 1.54) is 93.5 Å². The Hall–Kier alpha value is -5.33. The molecule has 0 aromatic heterocycles. The summed E-state index contributed by atoms with van der Waals surface area (Å²) in [6, 6.07) is 12.5. The van der Waals surface area contributed by atoms with Crippen LogP contribution >= 0.6 is 0 Å². The number of aldehydes is 2. The minimum Gasteiger partial charge on any atom is -0.508 e. The standard InChI is InChI=1S/C22H16N2O9.C16H31NO/c25-10-16-8-19(1-3-21(16)23(28)29)32-12-14-5-15(7-18(27)6-14)13-33-20-2-4-22(24(30)31)17(9-20)11-26;1-13(2)12-16(3,4)15(18)17-14-10-8-6-5-7-9-11-14/h1-11,27H,12-13H2;13-14H,5-12H2,1-4H3,(H,17,18). The van der Waals surface area contributed by atoms with Gasteiger partial charge in [0, 0.05) is 23.6 Å². The van der Waals surface area contributed by atoms with Crippen LogP contribution in [0.4, 0.5) is 11.4 Å². The van der Waals surface area contributed by atoms with Crippen molar-refractivity contribution < 1.29 is 38.8 Å². The lowest BCUT2D eigenvalue weighted by Crippen LogP contribution is -2.43. The van der Waals surface area contributed by atoms with Gasteiger partial charge in [-0.25, -0.2) is 0 Å². The molecule has 1 amide bonds. The number of phenols is 1. The van der Waals surface area contributed by atoms with Crippen molar-refractivity contribution in [3.63, 3.8) is 0 Å². The van der Waals surface area contributed by atoms with Crippen LogP contribution < -0.4 is 14.8 Å². The SMILES string of the molecule is CC(C)CC(C)(C)C(=O)NC1CCCCCCC1.O=Cc1cc(OCc2cc(O)cc(COc3ccc([N+](=O)[O-])c(C=O)c3)c2)ccc1[N+](=O)[O-]. The second-order valence-electron chi connectivity index (χ2n) is 13.8. The van der Waals surface area contributed by atoms with Gasteiger partial charge in [0.25, 0.3) is 11.4 Å². The summed E-state index contributed by atoms with van der Waals surface area (Å²) in [6.45, 7) is 8.50. The molecule has 2 N–H and O–H groups in total. The van der Waals surface area contributed by atoms with Gasteiger partial charge in [-0.1, -0.05) is 59.8 Å². The Bertz CT molecular complexity index is 1590. The van der Waals surface area contributed by atoms with Crippen molar-refractivity contribution in [2.24, 2.45) is 11.3 Å². The molecule has 0 saturated heterocycles. The summed E-state index contributed by atoms with van der Waals surface area (Å²) in [7, 11) is 0. The van der Waals surface area contributed by atoms with Gasteiger partial charge in [-0.05, 0) is 78.8 Å². The number of nitro benzene ring substituents is 2. The first-order chi connectivity index (χ1) is 24.2. The van der Waals surface area contributed by atoms with Crippen molar-refractivity contribution in [1.82, 2.24) is 5.32 Å². The lowest BCUT2D eigenvalue weighted by molar-refractivity contribution is -0.385. The molecule has 274 valence electrons. The van der Waals surface area contributed by atoms with E-state index in [0.29, 0.717) is 35.7 Å². The molecule has 51 heavy (non-hydrogen) atoms. The van der Waals surface area contributed by atoms with Crippen molar-refractivity contribution in [2.45, 2.75) is 98.3 Å². The highest BCUT2D eigenvalue weighted by atomic mass is 16.6. The van der Waals surface area contributed by atoms with E-state index < -0.39 is 9.85 Å². The lowest BCUT2D eigenvalue weighted by atomic mass is 9.82. The number of aromatic hydroxyl groups is 1.